The molecule has 0 aromatic heterocycles. The predicted octanol–water partition coefficient (Wildman–Crippen LogP) is 3.24. The van der Waals surface area contributed by atoms with Crippen molar-refractivity contribution in [2.45, 2.75) is 76.4 Å². The molecule has 0 radical (unpaired) electrons. The molecule has 156 valence electrons. The van der Waals surface area contributed by atoms with Crippen LogP contribution in [0.1, 0.15) is 63.0 Å². The minimum Gasteiger partial charge on any atom is -0.481 e. The van der Waals surface area contributed by atoms with Crippen molar-refractivity contribution in [2.75, 3.05) is 0 Å². The van der Waals surface area contributed by atoms with Gasteiger partial charge < -0.3 is 10.1 Å². The van der Waals surface area contributed by atoms with E-state index in [0.29, 0.717) is 5.75 Å². The minimum absolute atomic E-state index is 0.0733. The van der Waals surface area contributed by atoms with Gasteiger partial charge in [-0.1, -0.05) is 6.07 Å². The highest BCUT2D eigenvalue weighted by atomic mass is 16.5. The third kappa shape index (κ3) is 3.81. The van der Waals surface area contributed by atoms with E-state index in [4.69, 9.17) is 4.74 Å². The molecule has 5 aliphatic carbocycles. The summed E-state index contributed by atoms with van der Waals surface area (Å²) in [5.74, 6) is 2.63. The van der Waals surface area contributed by atoms with Crippen LogP contribution in [-0.2, 0) is 17.6 Å². The van der Waals surface area contributed by atoms with Gasteiger partial charge in [-0.2, -0.15) is 0 Å². The van der Waals surface area contributed by atoms with Crippen LogP contribution < -0.4 is 20.9 Å². The van der Waals surface area contributed by atoms with Crippen LogP contribution in [-0.4, -0.2) is 23.6 Å². The van der Waals surface area contributed by atoms with E-state index in [-0.39, 0.29) is 17.5 Å². The average molecular weight is 398 g/mol. The molecule has 0 aliphatic heterocycles. The number of hydrogen-bond acceptors (Lipinski definition) is 3. The van der Waals surface area contributed by atoms with E-state index in [0.717, 1.165) is 49.9 Å². The summed E-state index contributed by atoms with van der Waals surface area (Å²) in [5.41, 5.74) is 7.66. The molecule has 1 aromatic rings. The molecule has 0 unspecified atom stereocenters. The average Bonchev–Trinajstić information content (AvgIpc) is 3.12. The maximum absolute atomic E-state index is 12.5. The number of hydrazine groups is 1. The lowest BCUT2D eigenvalue weighted by Crippen LogP contribution is -2.63. The third-order valence-electron chi connectivity index (χ3n) is 7.47. The Morgan fingerprint density at radius 2 is 1.66 bits per heavy atom. The Balaban J connectivity index is 1.11. The summed E-state index contributed by atoms with van der Waals surface area (Å²) in [6.45, 7) is 1.70. The second kappa shape index (κ2) is 7.22. The van der Waals surface area contributed by atoms with Crippen molar-refractivity contribution in [1.29, 1.82) is 0 Å². The monoisotopic (exact) mass is 397 g/mol. The van der Waals surface area contributed by atoms with E-state index in [1.807, 2.05) is 12.1 Å². The highest BCUT2D eigenvalue weighted by molar-refractivity contribution is 5.84. The lowest BCUT2D eigenvalue weighted by Gasteiger charge is -2.56. The Morgan fingerprint density at radius 3 is 2.34 bits per heavy atom. The fourth-order valence-corrected chi connectivity index (χ4v) is 6.63. The van der Waals surface area contributed by atoms with Gasteiger partial charge in [0.25, 0.3) is 5.91 Å². The van der Waals surface area contributed by atoms with E-state index >= 15 is 0 Å². The molecular weight excluding hydrogens is 366 g/mol. The molecule has 0 heterocycles. The van der Waals surface area contributed by atoms with Crippen molar-refractivity contribution in [2.24, 2.45) is 17.8 Å². The van der Waals surface area contributed by atoms with Crippen molar-refractivity contribution in [3.63, 3.8) is 0 Å². The third-order valence-corrected chi connectivity index (χ3v) is 7.47. The maximum Gasteiger partial charge on any atom is 0.333 e. The Bertz CT molecular complexity index is 786. The molecule has 4 saturated carbocycles. The number of fused-ring (bicyclic) bond motifs is 1. The summed E-state index contributed by atoms with van der Waals surface area (Å²) in [7, 11) is 0. The topological polar surface area (TPSA) is 79.5 Å². The minimum atomic E-state index is -0.686. The molecule has 0 saturated heterocycles. The predicted molar refractivity (Wildman–Crippen MR) is 109 cm³/mol. The van der Waals surface area contributed by atoms with Crippen molar-refractivity contribution < 1.29 is 14.3 Å². The lowest BCUT2D eigenvalue weighted by atomic mass is 9.53. The van der Waals surface area contributed by atoms with Gasteiger partial charge in [0, 0.05) is 5.54 Å². The van der Waals surface area contributed by atoms with E-state index in [2.05, 4.69) is 22.2 Å². The van der Waals surface area contributed by atoms with Gasteiger partial charge in [-0.15, -0.1) is 0 Å². The van der Waals surface area contributed by atoms with Gasteiger partial charge in [-0.25, -0.2) is 10.2 Å². The first kappa shape index (κ1) is 18.8. The van der Waals surface area contributed by atoms with Crippen LogP contribution in [0.25, 0.3) is 0 Å². The van der Waals surface area contributed by atoms with Gasteiger partial charge >= 0.3 is 6.03 Å². The number of carbonyl (C=O) groups excluding carboxylic acids is 2. The number of amides is 3. The number of benzene rings is 1. The van der Waals surface area contributed by atoms with Crippen LogP contribution in [0.4, 0.5) is 4.79 Å². The largest absolute Gasteiger partial charge is 0.481 e. The van der Waals surface area contributed by atoms with Crippen LogP contribution in [0, 0.1) is 17.8 Å². The molecule has 0 spiro atoms. The summed E-state index contributed by atoms with van der Waals surface area (Å²) >= 11 is 0. The van der Waals surface area contributed by atoms with Crippen LogP contribution in [0.2, 0.25) is 0 Å². The first-order chi connectivity index (χ1) is 14.0. The van der Waals surface area contributed by atoms with Crippen molar-refractivity contribution in [3.8, 4) is 5.75 Å². The van der Waals surface area contributed by atoms with Gasteiger partial charge in [0.15, 0.2) is 6.10 Å². The first-order valence-electron chi connectivity index (χ1n) is 11.1. The fourth-order valence-electron chi connectivity index (χ4n) is 6.63. The van der Waals surface area contributed by atoms with Crippen LogP contribution in [0.5, 0.6) is 5.75 Å². The summed E-state index contributed by atoms with van der Waals surface area (Å²) in [6.07, 6.45) is 9.92. The molecule has 1 aromatic carbocycles. The lowest BCUT2D eigenvalue weighted by molar-refractivity contribution is -0.128. The number of ether oxygens (including phenoxy) is 1. The van der Waals surface area contributed by atoms with Crippen molar-refractivity contribution in [1.82, 2.24) is 16.2 Å². The highest BCUT2D eigenvalue weighted by Crippen LogP contribution is 2.55. The van der Waals surface area contributed by atoms with Crippen LogP contribution in [0.15, 0.2) is 18.2 Å². The second-order valence-corrected chi connectivity index (χ2v) is 9.81. The summed E-state index contributed by atoms with van der Waals surface area (Å²) in [6, 6.07) is 5.71. The van der Waals surface area contributed by atoms with Crippen LogP contribution >= 0.6 is 0 Å². The van der Waals surface area contributed by atoms with E-state index in [1.165, 1.54) is 36.8 Å². The standard InChI is InChI=1S/C23H31N3O3/c1-14(29-20-6-5-18-3-2-4-19(18)10-20)21(27)25-26-22(28)24-23-11-15-7-16(12-23)9-17(8-15)13-23/h5-6,10,14-17H,2-4,7-9,11-13H2,1H3,(H,25,27)(H2,24,26,28)/t14-,15?,16?,17?,23?/m0/s1. The molecular formula is C23H31N3O3. The number of rotatable bonds is 4. The van der Waals surface area contributed by atoms with Gasteiger partial charge in [-0.3, -0.25) is 10.2 Å². The summed E-state index contributed by atoms with van der Waals surface area (Å²) in [4.78, 5) is 24.8. The Labute approximate surface area is 172 Å². The number of nitrogens with one attached hydrogen (secondary N) is 3. The molecule has 6 heteroatoms. The molecule has 6 rings (SSSR count). The van der Waals surface area contributed by atoms with Gasteiger partial charge in [0.2, 0.25) is 0 Å². The molecule has 3 N–H and O–H groups in total. The van der Waals surface area contributed by atoms with Crippen molar-refractivity contribution in [3.05, 3.63) is 29.3 Å². The molecule has 29 heavy (non-hydrogen) atoms. The fraction of sp³-hybridized carbons (Fsp3) is 0.652. The van der Waals surface area contributed by atoms with Gasteiger partial charge in [-0.05, 0) is 106 Å². The summed E-state index contributed by atoms with van der Waals surface area (Å²) < 4.78 is 5.78. The smallest absolute Gasteiger partial charge is 0.333 e. The van der Waals surface area contributed by atoms with E-state index < -0.39 is 6.10 Å². The Kier molecular flexibility index (Phi) is 4.67. The maximum atomic E-state index is 12.5. The van der Waals surface area contributed by atoms with Crippen LogP contribution in [0.3, 0.4) is 0 Å². The molecule has 1 atom stereocenters. The molecule has 6 nitrogen and oxygen atoms in total. The van der Waals surface area contributed by atoms with Gasteiger partial charge in [0.05, 0.1) is 0 Å². The zero-order valence-electron chi connectivity index (χ0n) is 17.1. The number of aryl methyl sites for hydroxylation is 2. The van der Waals surface area contributed by atoms with Gasteiger partial charge in [0.1, 0.15) is 5.75 Å². The van der Waals surface area contributed by atoms with Crippen molar-refractivity contribution >= 4 is 11.9 Å². The summed E-state index contributed by atoms with van der Waals surface area (Å²) in [5, 5.41) is 3.19. The Hall–Kier alpha value is -2.24. The highest BCUT2D eigenvalue weighted by Gasteiger charge is 2.51. The molecule has 5 aliphatic rings. The quantitative estimate of drug-likeness (QED) is 0.683. The Morgan fingerprint density at radius 1 is 1.00 bits per heavy atom. The zero-order valence-corrected chi connectivity index (χ0v) is 17.1. The number of carbonyl (C=O) groups is 2. The molecule has 4 fully saturated rings. The normalized spacial score (nSPS) is 32.4. The zero-order chi connectivity index (χ0) is 20.0. The second-order valence-electron chi connectivity index (χ2n) is 9.81. The SMILES string of the molecule is C[C@H](Oc1ccc2c(c1)CCC2)C(=O)NNC(=O)NC12CC3CC(CC(C3)C1)C2. The molecule has 4 bridgehead atoms. The first-order valence-corrected chi connectivity index (χ1v) is 11.1. The van der Waals surface area contributed by atoms with E-state index in [9.17, 15) is 9.59 Å². The van der Waals surface area contributed by atoms with E-state index in [1.54, 1.807) is 6.92 Å². The molecule has 3 amide bonds. The number of urea groups is 1. The number of hydrogen-bond donors (Lipinski definition) is 3.